The molecule has 4 nitrogen and oxygen atoms in total. The molecule has 1 unspecified atom stereocenters. The van der Waals surface area contributed by atoms with Crippen molar-refractivity contribution in [3.8, 4) is 5.75 Å². The van der Waals surface area contributed by atoms with Crippen molar-refractivity contribution in [3.63, 3.8) is 0 Å². The van der Waals surface area contributed by atoms with Crippen molar-refractivity contribution >= 4 is 34.8 Å². The fourth-order valence-corrected chi connectivity index (χ4v) is 3.40. The van der Waals surface area contributed by atoms with Gasteiger partial charge in [0.05, 0.1) is 7.11 Å². The van der Waals surface area contributed by atoms with Crippen LogP contribution in [0.15, 0.2) is 60.0 Å². The molecule has 1 aliphatic rings. The van der Waals surface area contributed by atoms with Crippen LogP contribution in [0.2, 0.25) is 0 Å². The number of ether oxygens (including phenoxy) is 1. The highest BCUT2D eigenvalue weighted by molar-refractivity contribution is 8.16. The number of quaternary nitrogens is 1. The lowest BCUT2D eigenvalue weighted by atomic mass is 10.1. The Labute approximate surface area is 132 Å². The Morgan fingerprint density at radius 1 is 1.05 bits per heavy atom. The lowest BCUT2D eigenvalue weighted by molar-refractivity contribution is -0.112. The molecular weight excluding hydrogens is 298 g/mol. The summed E-state index contributed by atoms with van der Waals surface area (Å²) >= 11 is 1.05. The first kappa shape index (κ1) is 14.6. The van der Waals surface area contributed by atoms with E-state index < -0.39 is 4.48 Å². The molecule has 22 heavy (non-hydrogen) atoms. The van der Waals surface area contributed by atoms with E-state index in [4.69, 9.17) is 4.74 Å². The van der Waals surface area contributed by atoms with Crippen LogP contribution in [0, 0.1) is 0 Å². The van der Waals surface area contributed by atoms with Crippen LogP contribution >= 0.6 is 11.8 Å². The molecular formula is C17H14NO3S+. The Kier molecular flexibility index (Phi) is 3.83. The number of imide groups is 1. The number of methoxy groups -OCH3 is 1. The first-order chi connectivity index (χ1) is 10.7. The van der Waals surface area contributed by atoms with Crippen molar-refractivity contribution in [1.29, 1.82) is 0 Å². The number of rotatable bonds is 4. The van der Waals surface area contributed by atoms with Gasteiger partial charge in [0.2, 0.25) is 0 Å². The molecule has 0 bridgehead atoms. The minimum Gasteiger partial charge on any atom is -0.497 e. The normalized spacial score (nSPS) is 20.6. The number of nitrogens with zero attached hydrogens (tertiary/aromatic N) is 1. The van der Waals surface area contributed by atoms with Crippen molar-refractivity contribution < 1.29 is 14.3 Å². The van der Waals surface area contributed by atoms with E-state index in [0.717, 1.165) is 23.1 Å². The highest BCUT2D eigenvalue weighted by Gasteiger charge is 2.49. The molecule has 1 atom stereocenters. The third kappa shape index (κ3) is 2.15. The average molecular weight is 312 g/mol. The van der Waals surface area contributed by atoms with Crippen molar-refractivity contribution in [3.05, 3.63) is 65.6 Å². The molecule has 110 valence electrons. The molecule has 5 heteroatoms. The number of thioether (sulfide) groups is 1. The third-order valence-electron chi connectivity index (χ3n) is 3.65. The summed E-state index contributed by atoms with van der Waals surface area (Å²) < 4.78 is 4.72. The minimum atomic E-state index is -0.433. The van der Waals surface area contributed by atoms with Crippen LogP contribution in [-0.2, 0) is 4.79 Å². The summed E-state index contributed by atoms with van der Waals surface area (Å²) in [6.07, 6.45) is 0.688. The fourth-order valence-electron chi connectivity index (χ4n) is 2.47. The van der Waals surface area contributed by atoms with E-state index in [2.05, 4.69) is 0 Å². The summed E-state index contributed by atoms with van der Waals surface area (Å²) in [6.45, 7) is 0. The van der Waals surface area contributed by atoms with Crippen molar-refractivity contribution in [2.45, 2.75) is 0 Å². The summed E-state index contributed by atoms with van der Waals surface area (Å²) in [7, 11) is 1.60. The summed E-state index contributed by atoms with van der Waals surface area (Å²) in [5.41, 5.74) is 2.10. The van der Waals surface area contributed by atoms with Crippen molar-refractivity contribution in [2.24, 2.45) is 0 Å². The monoisotopic (exact) mass is 312 g/mol. The summed E-state index contributed by atoms with van der Waals surface area (Å²) in [5.74, 6) is 0.727. The van der Waals surface area contributed by atoms with Gasteiger partial charge in [0.15, 0.2) is 11.4 Å². The van der Waals surface area contributed by atoms with E-state index in [1.54, 1.807) is 24.7 Å². The third-order valence-corrected chi connectivity index (χ3v) is 4.48. The van der Waals surface area contributed by atoms with Gasteiger partial charge in [-0.3, -0.25) is 0 Å². The number of hydrogen-bond acceptors (Lipinski definition) is 4. The van der Waals surface area contributed by atoms with Gasteiger partial charge in [-0.2, -0.15) is 0 Å². The van der Waals surface area contributed by atoms with Crippen LogP contribution in [0.4, 0.5) is 10.5 Å². The summed E-state index contributed by atoms with van der Waals surface area (Å²) in [4.78, 5) is 24.4. The van der Waals surface area contributed by atoms with E-state index in [9.17, 15) is 9.59 Å². The lowest BCUT2D eigenvalue weighted by Gasteiger charge is -2.25. The molecule has 0 fully saturated rings. The molecule has 2 aromatic rings. The maximum atomic E-state index is 12.5. The maximum Gasteiger partial charge on any atom is 0.396 e. The number of carbonyl (C=O) groups is 2. The van der Waals surface area contributed by atoms with E-state index >= 15 is 0 Å². The first-order valence-corrected chi connectivity index (χ1v) is 7.57. The van der Waals surface area contributed by atoms with E-state index in [-0.39, 0.29) is 5.24 Å². The Morgan fingerprint density at radius 2 is 1.73 bits per heavy atom. The predicted molar refractivity (Wildman–Crippen MR) is 88.3 cm³/mol. The first-order valence-electron chi connectivity index (χ1n) is 6.69. The minimum absolute atomic E-state index is 0.230. The standard InChI is InChI=1S/C17H14NO3S/c1-21-15-9-7-13(8-10-15)16-11-22-17(20)18(16,12-19)14-5-3-2-4-6-14/h2-12H,1H3/q+1. The molecule has 2 amide bonds. The van der Waals surface area contributed by atoms with Gasteiger partial charge in [0.25, 0.3) is 0 Å². The Morgan fingerprint density at radius 3 is 2.32 bits per heavy atom. The number of hydrogen-bond donors (Lipinski definition) is 0. The van der Waals surface area contributed by atoms with E-state index in [0.29, 0.717) is 17.8 Å². The lowest BCUT2D eigenvalue weighted by Crippen LogP contribution is -2.46. The molecule has 0 radical (unpaired) electrons. The van der Waals surface area contributed by atoms with Crippen LogP contribution in [0.5, 0.6) is 5.75 Å². The molecule has 0 aliphatic carbocycles. The second-order valence-electron chi connectivity index (χ2n) is 4.78. The highest BCUT2D eigenvalue weighted by atomic mass is 32.2. The number of benzene rings is 2. The number of amides is 2. The SMILES string of the molecule is COc1ccc(C2=CSC(=O)[N+]2(C=O)c2ccccc2)cc1. The summed E-state index contributed by atoms with van der Waals surface area (Å²) in [5, 5.41) is 1.51. The van der Waals surface area contributed by atoms with Gasteiger partial charge >= 0.3 is 11.6 Å². The zero-order chi connectivity index (χ0) is 15.6. The molecule has 0 N–H and O–H groups in total. The Hall–Kier alpha value is -2.37. The second-order valence-corrected chi connectivity index (χ2v) is 5.60. The fraction of sp³-hybridized carbons (Fsp3) is 0.0588. The average Bonchev–Trinajstić information content (AvgIpc) is 2.93. The highest BCUT2D eigenvalue weighted by Crippen LogP contribution is 2.43. The van der Waals surface area contributed by atoms with Gasteiger partial charge < -0.3 is 4.74 Å². The molecule has 0 saturated carbocycles. The largest absolute Gasteiger partial charge is 0.497 e. The number of carbonyl (C=O) groups excluding carboxylic acids is 2. The van der Waals surface area contributed by atoms with Gasteiger partial charge in [-0.15, -0.1) is 4.48 Å². The van der Waals surface area contributed by atoms with Crippen LogP contribution in [-0.4, -0.2) is 18.8 Å². The molecule has 1 aliphatic heterocycles. The predicted octanol–water partition coefficient (Wildman–Crippen LogP) is 4.02. The Bertz CT molecular complexity index is 740. The molecule has 2 aromatic carbocycles. The van der Waals surface area contributed by atoms with Gasteiger partial charge in [0, 0.05) is 34.9 Å². The van der Waals surface area contributed by atoms with Gasteiger partial charge in [-0.1, -0.05) is 18.2 Å². The molecule has 0 aromatic heterocycles. The maximum absolute atomic E-state index is 12.5. The van der Waals surface area contributed by atoms with Gasteiger partial charge in [0.1, 0.15) is 5.75 Å². The quantitative estimate of drug-likeness (QED) is 0.631. The van der Waals surface area contributed by atoms with Gasteiger partial charge in [-0.05, 0) is 24.3 Å². The van der Waals surface area contributed by atoms with Gasteiger partial charge in [-0.25, -0.2) is 9.59 Å². The topological polar surface area (TPSA) is 43.4 Å². The van der Waals surface area contributed by atoms with Crippen LogP contribution in [0.3, 0.4) is 0 Å². The van der Waals surface area contributed by atoms with Crippen LogP contribution in [0.25, 0.3) is 5.70 Å². The van der Waals surface area contributed by atoms with Crippen LogP contribution in [0.1, 0.15) is 5.56 Å². The zero-order valence-electron chi connectivity index (χ0n) is 11.9. The van der Waals surface area contributed by atoms with E-state index in [1.165, 1.54) is 0 Å². The Balaban J connectivity index is 2.13. The molecule has 3 rings (SSSR count). The van der Waals surface area contributed by atoms with Crippen molar-refractivity contribution in [2.75, 3.05) is 7.11 Å². The number of para-hydroxylation sites is 1. The summed E-state index contributed by atoms with van der Waals surface area (Å²) in [6, 6.07) is 16.4. The van der Waals surface area contributed by atoms with E-state index in [1.807, 2.05) is 42.5 Å². The molecule has 0 saturated heterocycles. The molecule has 1 heterocycles. The zero-order valence-corrected chi connectivity index (χ0v) is 12.7. The molecule has 0 spiro atoms. The van der Waals surface area contributed by atoms with Crippen LogP contribution < -0.4 is 9.22 Å². The second kappa shape index (κ2) is 5.79. The smallest absolute Gasteiger partial charge is 0.396 e. The van der Waals surface area contributed by atoms with Crippen molar-refractivity contribution in [1.82, 2.24) is 4.48 Å².